The quantitative estimate of drug-likeness (QED) is 0.650. The fourth-order valence-corrected chi connectivity index (χ4v) is 2.18. The van der Waals surface area contributed by atoms with Crippen LogP contribution in [0.15, 0.2) is 0 Å². The Morgan fingerprint density at radius 1 is 1.33 bits per heavy atom. The highest BCUT2D eigenvalue weighted by atomic mass is 32.1. The van der Waals surface area contributed by atoms with Crippen LogP contribution in [0.5, 0.6) is 0 Å². The van der Waals surface area contributed by atoms with E-state index in [2.05, 4.69) is 17.5 Å². The lowest BCUT2D eigenvalue weighted by Gasteiger charge is -2.28. The van der Waals surface area contributed by atoms with Gasteiger partial charge < -0.3 is 5.73 Å². The van der Waals surface area contributed by atoms with E-state index < -0.39 is 0 Å². The standard InChI is InChI=1S/C9H20N2S/c10-8-9-4-2-1-3-5-11(9)6-7-12/h9,12H,1-8,10H2. The van der Waals surface area contributed by atoms with E-state index in [1.54, 1.807) is 0 Å². The van der Waals surface area contributed by atoms with Crippen LogP contribution in [0.1, 0.15) is 25.7 Å². The summed E-state index contributed by atoms with van der Waals surface area (Å²) in [6, 6.07) is 0.625. The normalized spacial score (nSPS) is 27.0. The molecule has 1 rings (SSSR count). The number of nitrogens with two attached hydrogens (primary N) is 1. The molecule has 0 radical (unpaired) electrons. The lowest BCUT2D eigenvalue weighted by molar-refractivity contribution is 0.217. The Kier molecular flexibility index (Phi) is 5.04. The Morgan fingerprint density at radius 3 is 2.83 bits per heavy atom. The van der Waals surface area contributed by atoms with Gasteiger partial charge in [0, 0.05) is 24.9 Å². The fourth-order valence-electron chi connectivity index (χ4n) is 1.93. The third kappa shape index (κ3) is 2.96. The summed E-state index contributed by atoms with van der Waals surface area (Å²) in [5.74, 6) is 0.955. The monoisotopic (exact) mass is 188 g/mol. The van der Waals surface area contributed by atoms with Gasteiger partial charge in [-0.1, -0.05) is 12.8 Å². The van der Waals surface area contributed by atoms with Gasteiger partial charge in [-0.15, -0.1) is 0 Å². The molecule has 0 bridgehead atoms. The molecule has 3 heteroatoms. The van der Waals surface area contributed by atoms with E-state index in [1.807, 2.05) is 0 Å². The van der Waals surface area contributed by atoms with E-state index in [1.165, 1.54) is 32.2 Å². The van der Waals surface area contributed by atoms with Gasteiger partial charge in [0.2, 0.25) is 0 Å². The van der Waals surface area contributed by atoms with Gasteiger partial charge in [0.25, 0.3) is 0 Å². The highest BCUT2D eigenvalue weighted by molar-refractivity contribution is 7.80. The fraction of sp³-hybridized carbons (Fsp3) is 1.00. The van der Waals surface area contributed by atoms with Gasteiger partial charge in [-0.25, -0.2) is 0 Å². The summed E-state index contributed by atoms with van der Waals surface area (Å²) in [6.07, 6.45) is 5.35. The van der Waals surface area contributed by atoms with Gasteiger partial charge in [-0.05, 0) is 19.4 Å². The largest absolute Gasteiger partial charge is 0.329 e. The molecule has 1 atom stereocenters. The summed E-state index contributed by atoms with van der Waals surface area (Å²) in [5, 5.41) is 0. The highest BCUT2D eigenvalue weighted by Gasteiger charge is 2.18. The first-order valence-corrected chi connectivity index (χ1v) is 5.56. The van der Waals surface area contributed by atoms with Crippen molar-refractivity contribution in [3.05, 3.63) is 0 Å². The van der Waals surface area contributed by atoms with Crippen molar-refractivity contribution in [3.63, 3.8) is 0 Å². The first-order chi connectivity index (χ1) is 5.88. The highest BCUT2D eigenvalue weighted by Crippen LogP contribution is 2.15. The number of hydrogen-bond donors (Lipinski definition) is 2. The first kappa shape index (κ1) is 10.4. The second-order valence-corrected chi connectivity index (χ2v) is 3.95. The van der Waals surface area contributed by atoms with Gasteiger partial charge in [-0.3, -0.25) is 4.90 Å². The maximum Gasteiger partial charge on any atom is 0.0218 e. The van der Waals surface area contributed by atoms with Crippen LogP contribution in [0.2, 0.25) is 0 Å². The molecule has 1 aliphatic heterocycles. The van der Waals surface area contributed by atoms with E-state index >= 15 is 0 Å². The van der Waals surface area contributed by atoms with Crippen molar-refractivity contribution >= 4 is 12.6 Å². The van der Waals surface area contributed by atoms with Crippen molar-refractivity contribution in [2.45, 2.75) is 31.7 Å². The zero-order chi connectivity index (χ0) is 8.81. The van der Waals surface area contributed by atoms with E-state index in [9.17, 15) is 0 Å². The van der Waals surface area contributed by atoms with Crippen LogP contribution in [-0.2, 0) is 0 Å². The zero-order valence-electron chi connectivity index (χ0n) is 7.71. The summed E-state index contributed by atoms with van der Waals surface area (Å²) in [7, 11) is 0. The maximum atomic E-state index is 5.73. The molecule has 1 heterocycles. The second kappa shape index (κ2) is 5.84. The molecule has 0 aromatic rings. The molecule has 1 unspecified atom stereocenters. The summed E-state index contributed by atoms with van der Waals surface area (Å²) in [6.45, 7) is 3.14. The molecule has 0 aromatic heterocycles. The molecule has 0 spiro atoms. The molecule has 2 N–H and O–H groups in total. The van der Waals surface area contributed by atoms with Crippen molar-refractivity contribution < 1.29 is 0 Å². The minimum absolute atomic E-state index is 0.625. The molecular formula is C9H20N2S. The predicted octanol–water partition coefficient (Wildman–Crippen LogP) is 1.12. The summed E-state index contributed by atoms with van der Waals surface area (Å²) in [5.41, 5.74) is 5.73. The number of thiol groups is 1. The van der Waals surface area contributed by atoms with Crippen LogP contribution in [0.4, 0.5) is 0 Å². The number of rotatable bonds is 3. The number of likely N-dealkylation sites (tertiary alicyclic amines) is 1. The van der Waals surface area contributed by atoms with Crippen LogP contribution in [-0.4, -0.2) is 36.3 Å². The number of hydrogen-bond acceptors (Lipinski definition) is 3. The van der Waals surface area contributed by atoms with Gasteiger partial charge in [0.1, 0.15) is 0 Å². The summed E-state index contributed by atoms with van der Waals surface area (Å²) in [4.78, 5) is 2.50. The van der Waals surface area contributed by atoms with Crippen molar-refractivity contribution in [3.8, 4) is 0 Å². The Hall–Kier alpha value is 0.270. The maximum absolute atomic E-state index is 5.73. The molecule has 0 aliphatic carbocycles. The molecule has 1 saturated heterocycles. The van der Waals surface area contributed by atoms with Crippen LogP contribution < -0.4 is 5.73 Å². The molecule has 2 nitrogen and oxygen atoms in total. The Balaban J connectivity index is 2.39. The molecule has 1 aliphatic rings. The Labute approximate surface area is 80.9 Å². The first-order valence-electron chi connectivity index (χ1n) is 4.93. The minimum atomic E-state index is 0.625. The summed E-state index contributed by atoms with van der Waals surface area (Å²) >= 11 is 4.26. The lowest BCUT2D eigenvalue weighted by atomic mass is 10.1. The average molecular weight is 188 g/mol. The molecule has 0 saturated carbocycles. The van der Waals surface area contributed by atoms with Gasteiger partial charge >= 0.3 is 0 Å². The van der Waals surface area contributed by atoms with Gasteiger partial charge in [-0.2, -0.15) is 12.6 Å². The van der Waals surface area contributed by atoms with E-state index in [0.717, 1.165) is 18.8 Å². The Morgan fingerprint density at radius 2 is 2.17 bits per heavy atom. The van der Waals surface area contributed by atoms with Crippen LogP contribution >= 0.6 is 12.6 Å². The second-order valence-electron chi connectivity index (χ2n) is 3.50. The third-order valence-electron chi connectivity index (χ3n) is 2.66. The van der Waals surface area contributed by atoms with Crippen molar-refractivity contribution in [2.75, 3.05) is 25.4 Å². The van der Waals surface area contributed by atoms with Crippen LogP contribution in [0.3, 0.4) is 0 Å². The van der Waals surface area contributed by atoms with Crippen LogP contribution in [0, 0.1) is 0 Å². The Bertz CT molecular complexity index is 119. The van der Waals surface area contributed by atoms with Crippen molar-refractivity contribution in [1.29, 1.82) is 0 Å². The molecule has 12 heavy (non-hydrogen) atoms. The molecular weight excluding hydrogens is 168 g/mol. The molecule has 0 amide bonds. The smallest absolute Gasteiger partial charge is 0.0218 e. The van der Waals surface area contributed by atoms with E-state index in [-0.39, 0.29) is 0 Å². The van der Waals surface area contributed by atoms with Crippen molar-refractivity contribution in [2.24, 2.45) is 5.73 Å². The average Bonchev–Trinajstić information content (AvgIpc) is 2.30. The topological polar surface area (TPSA) is 29.3 Å². The van der Waals surface area contributed by atoms with E-state index in [0.29, 0.717) is 6.04 Å². The van der Waals surface area contributed by atoms with Crippen molar-refractivity contribution in [1.82, 2.24) is 4.90 Å². The molecule has 1 fully saturated rings. The predicted molar refractivity (Wildman–Crippen MR) is 56.7 cm³/mol. The van der Waals surface area contributed by atoms with Gasteiger partial charge in [0.05, 0.1) is 0 Å². The molecule has 0 aromatic carbocycles. The van der Waals surface area contributed by atoms with Gasteiger partial charge in [0.15, 0.2) is 0 Å². The lowest BCUT2D eigenvalue weighted by Crippen LogP contribution is -2.41. The third-order valence-corrected chi connectivity index (χ3v) is 2.86. The SMILES string of the molecule is NCC1CCCCCN1CCS. The van der Waals surface area contributed by atoms with E-state index in [4.69, 9.17) is 5.73 Å². The molecule has 72 valence electrons. The summed E-state index contributed by atoms with van der Waals surface area (Å²) < 4.78 is 0. The zero-order valence-corrected chi connectivity index (χ0v) is 8.60. The minimum Gasteiger partial charge on any atom is -0.329 e. The number of nitrogens with zero attached hydrogens (tertiary/aromatic N) is 1. The van der Waals surface area contributed by atoms with Crippen LogP contribution in [0.25, 0.3) is 0 Å².